The molecule has 0 spiro atoms. The maximum atomic E-state index is 13.5. The van der Waals surface area contributed by atoms with Crippen molar-refractivity contribution in [2.24, 2.45) is 0 Å². The lowest BCUT2D eigenvalue weighted by Crippen LogP contribution is -2.30. The Morgan fingerprint density at radius 2 is 1.89 bits per heavy atom. The molecule has 1 atom stereocenters. The predicted octanol–water partition coefficient (Wildman–Crippen LogP) is 4.85. The van der Waals surface area contributed by atoms with E-state index in [0.29, 0.717) is 11.0 Å². The molecule has 0 bridgehead atoms. The first-order valence-electron chi connectivity index (χ1n) is 8.63. The molecule has 0 radical (unpaired) electrons. The van der Waals surface area contributed by atoms with Gasteiger partial charge < -0.3 is 5.32 Å². The zero-order chi connectivity index (χ0) is 19.4. The van der Waals surface area contributed by atoms with Crippen LogP contribution in [-0.2, 0) is 10.5 Å². The summed E-state index contributed by atoms with van der Waals surface area (Å²) in [5, 5.41) is 2.77. The summed E-state index contributed by atoms with van der Waals surface area (Å²) in [5.74, 6) is 0.931. The number of aryl methyl sites for hydroxylation is 1. The number of thioether (sulfide) groups is 1. The minimum Gasteiger partial charge on any atom is -0.346 e. The third-order valence-corrected chi connectivity index (χ3v) is 5.21. The van der Waals surface area contributed by atoms with Gasteiger partial charge in [-0.3, -0.25) is 9.36 Å². The van der Waals surface area contributed by atoms with Gasteiger partial charge in [-0.2, -0.15) is 8.78 Å². The molecule has 0 aliphatic rings. The smallest absolute Gasteiger partial charge is 0.320 e. The van der Waals surface area contributed by atoms with Crippen molar-refractivity contribution in [1.82, 2.24) is 14.9 Å². The molecule has 0 aliphatic heterocycles. The van der Waals surface area contributed by atoms with Gasteiger partial charge in [0.25, 0.3) is 0 Å². The van der Waals surface area contributed by atoms with Crippen molar-refractivity contribution < 1.29 is 13.6 Å². The minimum atomic E-state index is -2.72. The molecule has 1 unspecified atom stereocenters. The Morgan fingerprint density at radius 3 is 2.59 bits per heavy atom. The average Bonchev–Trinajstić information content (AvgIpc) is 3.03. The van der Waals surface area contributed by atoms with E-state index in [1.165, 1.54) is 17.3 Å². The zero-order valence-electron chi connectivity index (χ0n) is 15.2. The predicted molar refractivity (Wildman–Crippen MR) is 105 cm³/mol. The molecule has 27 heavy (non-hydrogen) atoms. The second-order valence-corrected chi connectivity index (χ2v) is 7.36. The summed E-state index contributed by atoms with van der Waals surface area (Å²) in [4.78, 5) is 16.5. The van der Waals surface area contributed by atoms with Crippen LogP contribution in [0.4, 0.5) is 8.78 Å². The van der Waals surface area contributed by atoms with Crippen LogP contribution in [0.15, 0.2) is 48.5 Å². The molecule has 1 aromatic heterocycles. The molecule has 3 rings (SSSR count). The largest absolute Gasteiger partial charge is 0.346 e. The fraction of sp³-hybridized carbons (Fsp3) is 0.300. The fourth-order valence-electron chi connectivity index (χ4n) is 2.87. The van der Waals surface area contributed by atoms with Gasteiger partial charge in [0.2, 0.25) is 5.91 Å². The van der Waals surface area contributed by atoms with Gasteiger partial charge in [0.1, 0.15) is 5.82 Å². The standard InChI is InChI=1S/C20H21F2N3OS/c1-13-7-9-15(10-8-13)11-27-12-18(26)23-14(2)19-24-16-5-3-4-6-17(16)25(19)20(21)22/h3-10,14,20H,11-12H2,1-2H3,(H,23,26). The molecule has 0 saturated heterocycles. The van der Waals surface area contributed by atoms with Crippen molar-refractivity contribution in [2.75, 3.05) is 5.75 Å². The van der Waals surface area contributed by atoms with Crippen LogP contribution >= 0.6 is 11.8 Å². The van der Waals surface area contributed by atoms with Crippen LogP contribution in [0.5, 0.6) is 0 Å². The van der Waals surface area contributed by atoms with Crippen LogP contribution < -0.4 is 5.32 Å². The Labute approximate surface area is 161 Å². The summed E-state index contributed by atoms with van der Waals surface area (Å²) in [5.41, 5.74) is 3.18. The second kappa shape index (κ2) is 8.52. The Morgan fingerprint density at radius 1 is 1.19 bits per heavy atom. The van der Waals surface area contributed by atoms with E-state index in [9.17, 15) is 13.6 Å². The fourth-order valence-corrected chi connectivity index (χ4v) is 3.67. The minimum absolute atomic E-state index is 0.156. The Bertz CT molecular complexity index is 925. The number of nitrogens with zero attached hydrogens (tertiary/aromatic N) is 2. The van der Waals surface area contributed by atoms with Crippen LogP contribution in [-0.4, -0.2) is 21.2 Å². The van der Waals surface area contributed by atoms with Gasteiger partial charge in [0.05, 0.1) is 22.8 Å². The summed E-state index contributed by atoms with van der Waals surface area (Å²) >= 11 is 1.49. The van der Waals surface area contributed by atoms with Crippen molar-refractivity contribution in [2.45, 2.75) is 32.2 Å². The normalized spacial score (nSPS) is 12.5. The third-order valence-electron chi connectivity index (χ3n) is 4.21. The molecule has 1 N–H and O–H groups in total. The number of hydrogen-bond acceptors (Lipinski definition) is 3. The molecule has 142 valence electrons. The molecule has 7 heteroatoms. The first-order chi connectivity index (χ1) is 13.0. The number of carbonyl (C=O) groups is 1. The Kier molecular flexibility index (Phi) is 6.11. The molecule has 3 aromatic rings. The zero-order valence-corrected chi connectivity index (χ0v) is 16.0. The summed E-state index contributed by atoms with van der Waals surface area (Å²) < 4.78 is 27.9. The molecule has 0 aliphatic carbocycles. The van der Waals surface area contributed by atoms with Crippen LogP contribution in [0, 0.1) is 6.92 Å². The number of para-hydroxylation sites is 2. The van der Waals surface area contributed by atoms with Crippen molar-refractivity contribution in [3.05, 3.63) is 65.5 Å². The van der Waals surface area contributed by atoms with Gasteiger partial charge in [0.15, 0.2) is 0 Å². The number of amides is 1. The number of aromatic nitrogens is 2. The molecule has 1 amide bonds. The van der Waals surface area contributed by atoms with Crippen molar-refractivity contribution >= 4 is 28.7 Å². The Hall–Kier alpha value is -2.41. The number of nitrogens with one attached hydrogen (secondary N) is 1. The number of benzene rings is 2. The molecular formula is C20H21F2N3OS. The van der Waals surface area contributed by atoms with Gasteiger partial charge in [-0.05, 0) is 31.5 Å². The summed E-state index contributed by atoms with van der Waals surface area (Å²) in [6.45, 7) is 0.976. The van der Waals surface area contributed by atoms with E-state index in [1.807, 2.05) is 31.2 Å². The van der Waals surface area contributed by atoms with Crippen molar-refractivity contribution in [3.63, 3.8) is 0 Å². The van der Waals surface area contributed by atoms with E-state index < -0.39 is 12.6 Å². The topological polar surface area (TPSA) is 46.9 Å². The van der Waals surface area contributed by atoms with Crippen LogP contribution in [0.25, 0.3) is 11.0 Å². The highest BCUT2D eigenvalue weighted by molar-refractivity contribution is 7.99. The van der Waals surface area contributed by atoms with Gasteiger partial charge >= 0.3 is 6.55 Å². The lowest BCUT2D eigenvalue weighted by molar-refractivity contribution is -0.119. The van der Waals surface area contributed by atoms with Crippen LogP contribution in [0.1, 0.15) is 36.5 Å². The second-order valence-electron chi connectivity index (χ2n) is 6.37. The maximum absolute atomic E-state index is 13.5. The molecule has 1 heterocycles. The summed E-state index contributed by atoms with van der Waals surface area (Å²) in [6, 6.07) is 14.3. The van der Waals surface area contributed by atoms with Crippen LogP contribution in [0.2, 0.25) is 0 Å². The van der Waals surface area contributed by atoms with Gasteiger partial charge in [-0.1, -0.05) is 42.0 Å². The van der Waals surface area contributed by atoms with E-state index in [0.717, 1.165) is 15.9 Å². The Balaban J connectivity index is 1.62. The van der Waals surface area contributed by atoms with E-state index >= 15 is 0 Å². The first kappa shape index (κ1) is 19.4. The summed E-state index contributed by atoms with van der Waals surface area (Å²) in [7, 11) is 0. The first-order valence-corrected chi connectivity index (χ1v) is 9.79. The highest BCUT2D eigenvalue weighted by atomic mass is 32.2. The van der Waals surface area contributed by atoms with Crippen LogP contribution in [0.3, 0.4) is 0 Å². The van der Waals surface area contributed by atoms with Gasteiger partial charge in [-0.15, -0.1) is 11.8 Å². The highest BCUT2D eigenvalue weighted by Crippen LogP contribution is 2.26. The lowest BCUT2D eigenvalue weighted by atomic mass is 10.2. The summed E-state index contributed by atoms with van der Waals surface area (Å²) in [6.07, 6.45) is 0. The lowest BCUT2D eigenvalue weighted by Gasteiger charge is -2.15. The molecule has 0 saturated carbocycles. The SMILES string of the molecule is Cc1ccc(CSCC(=O)NC(C)c2nc3ccccc3n2C(F)F)cc1. The van der Waals surface area contributed by atoms with E-state index in [1.54, 1.807) is 31.2 Å². The third kappa shape index (κ3) is 4.66. The maximum Gasteiger partial charge on any atom is 0.320 e. The number of alkyl halides is 2. The number of rotatable bonds is 7. The number of imidazole rings is 1. The number of hydrogen-bond donors (Lipinski definition) is 1. The molecule has 2 aromatic carbocycles. The van der Waals surface area contributed by atoms with E-state index in [2.05, 4.69) is 10.3 Å². The number of halogens is 2. The molecule has 0 fully saturated rings. The van der Waals surface area contributed by atoms with E-state index in [4.69, 9.17) is 0 Å². The molecule has 4 nitrogen and oxygen atoms in total. The average molecular weight is 389 g/mol. The monoisotopic (exact) mass is 389 g/mol. The van der Waals surface area contributed by atoms with Gasteiger partial charge in [-0.25, -0.2) is 4.98 Å². The highest BCUT2D eigenvalue weighted by Gasteiger charge is 2.22. The number of fused-ring (bicyclic) bond motifs is 1. The molecular weight excluding hydrogens is 368 g/mol. The quantitative estimate of drug-likeness (QED) is 0.628. The van der Waals surface area contributed by atoms with Crippen molar-refractivity contribution in [3.8, 4) is 0 Å². The van der Waals surface area contributed by atoms with Gasteiger partial charge in [0, 0.05) is 5.75 Å². The van der Waals surface area contributed by atoms with Crippen molar-refractivity contribution in [1.29, 1.82) is 0 Å². The number of carbonyl (C=O) groups excluding carboxylic acids is 1. The van der Waals surface area contributed by atoms with E-state index in [-0.39, 0.29) is 17.5 Å².